The van der Waals surface area contributed by atoms with Crippen molar-refractivity contribution < 1.29 is 9.90 Å². The van der Waals surface area contributed by atoms with E-state index in [4.69, 9.17) is 10.8 Å². The topological polar surface area (TPSA) is 75.3 Å². The first-order valence-electron chi connectivity index (χ1n) is 2.99. The van der Waals surface area contributed by atoms with Gasteiger partial charge in [0.2, 0.25) is 0 Å². The van der Waals surface area contributed by atoms with Crippen LogP contribution >= 0.6 is 0 Å². The summed E-state index contributed by atoms with van der Waals surface area (Å²) in [5, 5.41) is 11.1. The van der Waals surface area contributed by atoms with Gasteiger partial charge in [0.25, 0.3) is 0 Å². The molecule has 0 aliphatic rings. The summed E-state index contributed by atoms with van der Waals surface area (Å²) in [6, 6.07) is -0.655. The lowest BCUT2D eigenvalue weighted by molar-refractivity contribution is -0.139. The fraction of sp³-hybridized carbons (Fsp3) is 0.500. The molecular weight excluding hydrogens is 132 g/mol. The third kappa shape index (κ3) is 3.21. The standard InChI is InChI=1S/C6H12N2O2/c1-2-3-8-5(4-7)6(9)10/h2,5,8H,1,3-4,7H2,(H,9,10)/t5-/m0/s1. The quantitative estimate of drug-likeness (QED) is 0.440. The number of carboxylic acid groups (broad SMARTS) is 1. The number of hydrogen-bond acceptors (Lipinski definition) is 3. The van der Waals surface area contributed by atoms with E-state index < -0.39 is 12.0 Å². The number of carbonyl (C=O) groups is 1. The maximum Gasteiger partial charge on any atom is 0.322 e. The summed E-state index contributed by atoms with van der Waals surface area (Å²) in [5.74, 6) is -0.927. The lowest BCUT2D eigenvalue weighted by Crippen LogP contribution is -2.42. The molecule has 0 amide bonds. The first kappa shape index (κ1) is 9.13. The minimum atomic E-state index is -0.927. The number of nitrogens with one attached hydrogen (secondary N) is 1. The maximum atomic E-state index is 10.3. The lowest BCUT2D eigenvalue weighted by atomic mass is 10.3. The van der Waals surface area contributed by atoms with Gasteiger partial charge in [-0.25, -0.2) is 0 Å². The normalized spacial score (nSPS) is 12.5. The van der Waals surface area contributed by atoms with Crippen molar-refractivity contribution in [2.24, 2.45) is 5.73 Å². The molecule has 58 valence electrons. The summed E-state index contributed by atoms with van der Waals surface area (Å²) in [5.41, 5.74) is 5.14. The van der Waals surface area contributed by atoms with Crippen molar-refractivity contribution in [3.05, 3.63) is 12.7 Å². The Morgan fingerprint density at radius 1 is 1.90 bits per heavy atom. The highest BCUT2D eigenvalue weighted by Gasteiger charge is 2.12. The second-order valence-electron chi connectivity index (χ2n) is 1.82. The van der Waals surface area contributed by atoms with Crippen LogP contribution < -0.4 is 11.1 Å². The highest BCUT2D eigenvalue weighted by molar-refractivity contribution is 5.73. The molecule has 0 bridgehead atoms. The molecule has 4 heteroatoms. The predicted octanol–water partition coefficient (Wildman–Crippen LogP) is -0.826. The average molecular weight is 144 g/mol. The van der Waals surface area contributed by atoms with Crippen molar-refractivity contribution in [1.29, 1.82) is 0 Å². The molecule has 10 heavy (non-hydrogen) atoms. The van der Waals surface area contributed by atoms with Gasteiger partial charge < -0.3 is 10.8 Å². The van der Waals surface area contributed by atoms with Crippen LogP contribution in [0, 0.1) is 0 Å². The molecule has 4 N–H and O–H groups in total. The highest BCUT2D eigenvalue weighted by Crippen LogP contribution is 1.78. The van der Waals surface area contributed by atoms with E-state index in [2.05, 4.69) is 11.9 Å². The van der Waals surface area contributed by atoms with Crippen LogP contribution in [0.1, 0.15) is 0 Å². The maximum absolute atomic E-state index is 10.3. The van der Waals surface area contributed by atoms with Crippen LogP contribution in [0.3, 0.4) is 0 Å². The Morgan fingerprint density at radius 2 is 2.50 bits per heavy atom. The molecule has 0 heterocycles. The van der Waals surface area contributed by atoms with E-state index in [0.717, 1.165) is 0 Å². The Bertz CT molecular complexity index is 125. The lowest BCUT2D eigenvalue weighted by Gasteiger charge is -2.08. The van der Waals surface area contributed by atoms with Crippen molar-refractivity contribution in [2.45, 2.75) is 6.04 Å². The second kappa shape index (κ2) is 4.96. The summed E-state index contributed by atoms with van der Waals surface area (Å²) in [4.78, 5) is 10.3. The zero-order chi connectivity index (χ0) is 7.98. The van der Waals surface area contributed by atoms with E-state index in [1.807, 2.05) is 0 Å². The van der Waals surface area contributed by atoms with Gasteiger partial charge in [-0.15, -0.1) is 6.58 Å². The predicted molar refractivity (Wildman–Crippen MR) is 38.7 cm³/mol. The van der Waals surface area contributed by atoms with Crippen LogP contribution in [-0.2, 0) is 4.79 Å². The molecular formula is C6H12N2O2. The Labute approximate surface area is 59.7 Å². The molecule has 0 aromatic heterocycles. The fourth-order valence-corrected chi connectivity index (χ4v) is 0.497. The molecule has 0 unspecified atom stereocenters. The molecule has 0 radical (unpaired) electrons. The molecule has 0 spiro atoms. The van der Waals surface area contributed by atoms with Gasteiger partial charge in [0.05, 0.1) is 0 Å². The molecule has 0 fully saturated rings. The third-order valence-electron chi connectivity index (χ3n) is 1.04. The minimum Gasteiger partial charge on any atom is -0.480 e. The Morgan fingerprint density at radius 3 is 2.80 bits per heavy atom. The molecule has 0 aliphatic heterocycles. The van der Waals surface area contributed by atoms with Gasteiger partial charge in [-0.05, 0) is 0 Å². The van der Waals surface area contributed by atoms with Gasteiger partial charge in [0, 0.05) is 13.1 Å². The highest BCUT2D eigenvalue weighted by atomic mass is 16.4. The summed E-state index contributed by atoms with van der Waals surface area (Å²) < 4.78 is 0. The average Bonchev–Trinajstić information content (AvgIpc) is 1.89. The first-order chi connectivity index (χ1) is 4.72. The van der Waals surface area contributed by atoms with Crippen LogP contribution in [0.5, 0.6) is 0 Å². The van der Waals surface area contributed by atoms with E-state index in [-0.39, 0.29) is 6.54 Å². The van der Waals surface area contributed by atoms with E-state index in [9.17, 15) is 4.79 Å². The fourth-order valence-electron chi connectivity index (χ4n) is 0.497. The summed E-state index contributed by atoms with van der Waals surface area (Å²) in [6.45, 7) is 4.00. The van der Waals surface area contributed by atoms with Crippen molar-refractivity contribution in [3.63, 3.8) is 0 Å². The number of rotatable bonds is 5. The van der Waals surface area contributed by atoms with E-state index in [1.165, 1.54) is 0 Å². The SMILES string of the molecule is C=CCN[C@@H](CN)C(=O)O. The molecule has 0 rings (SSSR count). The first-order valence-corrected chi connectivity index (χ1v) is 2.99. The number of carboxylic acids is 1. The van der Waals surface area contributed by atoms with Gasteiger partial charge >= 0.3 is 5.97 Å². The van der Waals surface area contributed by atoms with Crippen LogP contribution in [0.25, 0.3) is 0 Å². The van der Waals surface area contributed by atoms with Crippen molar-refractivity contribution in [3.8, 4) is 0 Å². The van der Waals surface area contributed by atoms with E-state index in [0.29, 0.717) is 6.54 Å². The molecule has 0 aromatic carbocycles. The van der Waals surface area contributed by atoms with Crippen LogP contribution in [0.2, 0.25) is 0 Å². The van der Waals surface area contributed by atoms with Crippen LogP contribution in [-0.4, -0.2) is 30.2 Å². The monoisotopic (exact) mass is 144 g/mol. The molecule has 0 aliphatic carbocycles. The molecule has 0 saturated carbocycles. The number of aliphatic carboxylic acids is 1. The molecule has 4 nitrogen and oxygen atoms in total. The van der Waals surface area contributed by atoms with Gasteiger partial charge in [-0.3, -0.25) is 10.1 Å². The van der Waals surface area contributed by atoms with Crippen LogP contribution in [0.4, 0.5) is 0 Å². The van der Waals surface area contributed by atoms with Gasteiger partial charge in [-0.2, -0.15) is 0 Å². The van der Waals surface area contributed by atoms with Gasteiger partial charge in [0.15, 0.2) is 0 Å². The van der Waals surface area contributed by atoms with E-state index in [1.54, 1.807) is 6.08 Å². The smallest absolute Gasteiger partial charge is 0.322 e. The number of nitrogens with two attached hydrogens (primary N) is 1. The molecule has 0 saturated heterocycles. The van der Waals surface area contributed by atoms with E-state index >= 15 is 0 Å². The zero-order valence-electron chi connectivity index (χ0n) is 5.71. The van der Waals surface area contributed by atoms with Crippen molar-refractivity contribution in [2.75, 3.05) is 13.1 Å². The third-order valence-corrected chi connectivity index (χ3v) is 1.04. The summed E-state index contributed by atoms with van der Waals surface area (Å²) >= 11 is 0. The van der Waals surface area contributed by atoms with Crippen molar-refractivity contribution >= 4 is 5.97 Å². The van der Waals surface area contributed by atoms with Gasteiger partial charge in [0.1, 0.15) is 6.04 Å². The van der Waals surface area contributed by atoms with Gasteiger partial charge in [-0.1, -0.05) is 6.08 Å². The summed E-state index contributed by atoms with van der Waals surface area (Å²) in [7, 11) is 0. The molecule has 1 atom stereocenters. The minimum absolute atomic E-state index is 0.100. The molecule has 0 aromatic rings. The van der Waals surface area contributed by atoms with Crippen LogP contribution in [0.15, 0.2) is 12.7 Å². The largest absolute Gasteiger partial charge is 0.480 e. The van der Waals surface area contributed by atoms with Crippen molar-refractivity contribution in [1.82, 2.24) is 5.32 Å². The Balaban J connectivity index is 3.60. The Kier molecular flexibility index (Phi) is 4.53. The zero-order valence-corrected chi connectivity index (χ0v) is 5.71. The second-order valence-corrected chi connectivity index (χ2v) is 1.82. The summed E-state index contributed by atoms with van der Waals surface area (Å²) in [6.07, 6.45) is 1.59. The number of hydrogen-bond donors (Lipinski definition) is 3. The Hall–Kier alpha value is -0.870.